The van der Waals surface area contributed by atoms with E-state index in [1.54, 1.807) is 5.19 Å². The molecule has 0 fully saturated rings. The van der Waals surface area contributed by atoms with E-state index in [0.717, 1.165) is 0 Å². The highest BCUT2D eigenvalue weighted by molar-refractivity contribution is 7.98. The Morgan fingerprint density at radius 1 is 0.778 bits per heavy atom. The Hall–Kier alpha value is -0.133. The molecule has 0 heterocycles. The van der Waals surface area contributed by atoms with Gasteiger partial charge in [0, 0.05) is 0 Å². The molecule has 0 unspecified atom stereocenters. The molecule has 0 atom stereocenters. The van der Waals surface area contributed by atoms with Crippen LogP contribution in [0.5, 0.6) is 0 Å². The molecule has 0 amide bonds. The van der Waals surface area contributed by atoms with Crippen molar-refractivity contribution in [1.29, 1.82) is 0 Å². The average molecular weight is 280 g/mol. The van der Waals surface area contributed by atoms with Gasteiger partial charge in [0.05, 0.1) is 0 Å². The van der Waals surface area contributed by atoms with E-state index < -0.39 is 7.74 Å². The molecule has 0 nitrogen and oxygen atoms in total. The topological polar surface area (TPSA) is 0 Å². The zero-order chi connectivity index (χ0) is 14.2. The predicted molar refractivity (Wildman–Crippen MR) is 90.0 cm³/mol. The summed E-state index contributed by atoms with van der Waals surface area (Å²) >= 11 is 0. The summed E-state index contributed by atoms with van der Waals surface area (Å²) in [7, 11) is -1.44. The van der Waals surface area contributed by atoms with E-state index in [1.807, 2.05) is 0 Å². The van der Waals surface area contributed by atoms with Gasteiger partial charge in [0.1, 0.15) is 7.74 Å². The van der Waals surface area contributed by atoms with Gasteiger partial charge in [0.2, 0.25) is 0 Å². The van der Waals surface area contributed by atoms with E-state index in [9.17, 15) is 0 Å². The number of hydrogen-bond acceptors (Lipinski definition) is 0. The van der Waals surface area contributed by atoms with Gasteiger partial charge in [0.15, 0.2) is 0 Å². The lowest BCUT2D eigenvalue weighted by molar-refractivity contribution is 0.717. The second kappa shape index (κ2) is 5.10. The van der Waals surface area contributed by atoms with Crippen LogP contribution in [0.15, 0.2) is 30.3 Å². The summed E-state index contributed by atoms with van der Waals surface area (Å²) in [6.07, 6.45) is 0. The molecule has 0 spiro atoms. The minimum Gasteiger partial charge on any atom is -0.103 e. The van der Waals surface area contributed by atoms with Gasteiger partial charge >= 0.3 is 0 Å². The van der Waals surface area contributed by atoms with Crippen molar-refractivity contribution in [3.8, 4) is 0 Å². The van der Waals surface area contributed by atoms with Crippen molar-refractivity contribution < 1.29 is 0 Å². The Kier molecular flexibility index (Phi) is 4.51. The first kappa shape index (κ1) is 15.9. The first-order valence-corrected chi connectivity index (χ1v) is 12.0. The second-order valence-electron chi connectivity index (χ2n) is 7.60. The predicted octanol–water partition coefficient (Wildman–Crippen LogP) is 5.18. The lowest BCUT2D eigenvalue weighted by Crippen LogP contribution is -2.48. The first-order valence-electron chi connectivity index (χ1n) is 6.83. The van der Waals surface area contributed by atoms with E-state index in [-0.39, 0.29) is 7.47 Å². The van der Waals surface area contributed by atoms with Crippen LogP contribution >= 0.6 is 7.47 Å². The Labute approximate surface area is 116 Å². The molecule has 102 valence electrons. The molecule has 0 N–H and O–H groups in total. The van der Waals surface area contributed by atoms with Gasteiger partial charge in [-0.05, 0) is 10.3 Å². The van der Waals surface area contributed by atoms with Gasteiger partial charge in [-0.3, -0.25) is 0 Å². The summed E-state index contributed by atoms with van der Waals surface area (Å²) < 4.78 is 0. The highest BCUT2D eigenvalue weighted by Gasteiger charge is 2.46. The van der Waals surface area contributed by atoms with Crippen LogP contribution in [0.1, 0.15) is 41.5 Å². The Morgan fingerprint density at radius 2 is 1.17 bits per heavy atom. The zero-order valence-corrected chi connectivity index (χ0v) is 15.2. The molecule has 0 bridgehead atoms. The summed E-state index contributed by atoms with van der Waals surface area (Å²) in [6, 6.07) is 11.2. The minimum absolute atomic E-state index is 0.0234. The molecule has 0 aliphatic carbocycles. The minimum atomic E-state index is -1.41. The fourth-order valence-electron chi connectivity index (χ4n) is 3.66. The van der Waals surface area contributed by atoms with E-state index in [4.69, 9.17) is 0 Å². The molecule has 1 rings (SSSR count). The Morgan fingerprint density at radius 3 is 1.50 bits per heavy atom. The summed E-state index contributed by atoms with van der Waals surface area (Å²) in [5, 5.41) is 2.44. The highest BCUT2D eigenvalue weighted by Crippen LogP contribution is 2.64. The monoisotopic (exact) mass is 280 g/mol. The molecule has 0 aliphatic heterocycles. The van der Waals surface area contributed by atoms with Gasteiger partial charge < -0.3 is 0 Å². The maximum Gasteiger partial charge on any atom is 0.108 e. The molecule has 0 saturated carbocycles. The smallest absolute Gasteiger partial charge is 0.103 e. The third-order valence-electron chi connectivity index (χ3n) is 3.38. The van der Waals surface area contributed by atoms with E-state index in [2.05, 4.69) is 85.0 Å². The molecule has 2 heteroatoms. The van der Waals surface area contributed by atoms with Crippen LogP contribution in [0.2, 0.25) is 13.1 Å². The van der Waals surface area contributed by atoms with Crippen LogP contribution in [0.3, 0.4) is 0 Å². The van der Waals surface area contributed by atoms with Crippen molar-refractivity contribution in [2.75, 3.05) is 0 Å². The third kappa shape index (κ3) is 3.45. The van der Waals surface area contributed by atoms with Crippen molar-refractivity contribution >= 4 is 20.4 Å². The van der Waals surface area contributed by atoms with Crippen LogP contribution in [-0.2, 0) is 0 Å². The molecular formula is C16H29PSi. The molecule has 0 radical (unpaired) electrons. The van der Waals surface area contributed by atoms with Crippen molar-refractivity contribution in [2.24, 2.45) is 0 Å². The lowest BCUT2D eigenvalue weighted by Gasteiger charge is -2.50. The molecule has 0 aromatic heterocycles. The number of hydrogen-bond donors (Lipinski definition) is 0. The lowest BCUT2D eigenvalue weighted by atomic mass is 10.2. The fourth-order valence-corrected chi connectivity index (χ4v) is 21.6. The van der Waals surface area contributed by atoms with E-state index >= 15 is 0 Å². The van der Waals surface area contributed by atoms with Crippen LogP contribution in [0, 0.1) is 0 Å². The van der Waals surface area contributed by atoms with Crippen molar-refractivity contribution in [3.05, 3.63) is 30.3 Å². The molecule has 1 aromatic carbocycles. The largest absolute Gasteiger partial charge is 0.108 e. The van der Waals surface area contributed by atoms with Gasteiger partial charge in [-0.25, -0.2) is 0 Å². The summed E-state index contributed by atoms with van der Waals surface area (Å²) in [5.74, 6) is 0. The average Bonchev–Trinajstić information content (AvgIpc) is 2.13. The van der Waals surface area contributed by atoms with Crippen molar-refractivity contribution in [3.63, 3.8) is 0 Å². The van der Waals surface area contributed by atoms with Crippen LogP contribution in [0.25, 0.3) is 0 Å². The van der Waals surface area contributed by atoms with Crippen LogP contribution in [-0.4, -0.2) is 18.1 Å². The summed E-state index contributed by atoms with van der Waals surface area (Å²) in [5.41, 5.74) is 0. The molecule has 1 aromatic rings. The zero-order valence-electron chi connectivity index (χ0n) is 13.3. The quantitative estimate of drug-likeness (QED) is 0.517. The maximum atomic E-state index is 2.56. The third-order valence-corrected chi connectivity index (χ3v) is 17.1. The van der Waals surface area contributed by atoms with Gasteiger partial charge in [-0.2, -0.15) is 0 Å². The van der Waals surface area contributed by atoms with Gasteiger partial charge in [-0.1, -0.05) is 90.2 Å². The summed E-state index contributed by atoms with van der Waals surface area (Å²) in [4.78, 5) is 0. The van der Waals surface area contributed by atoms with Gasteiger partial charge in [0.25, 0.3) is 0 Å². The van der Waals surface area contributed by atoms with Gasteiger partial charge in [-0.15, -0.1) is 7.47 Å². The van der Waals surface area contributed by atoms with Crippen LogP contribution < -0.4 is 5.19 Å². The van der Waals surface area contributed by atoms with Crippen LogP contribution in [0.4, 0.5) is 0 Å². The van der Waals surface area contributed by atoms with Crippen molar-refractivity contribution in [2.45, 2.75) is 64.9 Å². The molecule has 0 saturated heterocycles. The standard InChI is InChI=1S/C16H29PSi/c1-15(2,3)17(16(4,5)6)18(7,8)14-12-10-9-11-13-14/h9-13H,1-8H3. The normalized spacial score (nSPS) is 14.1. The summed E-state index contributed by atoms with van der Waals surface area (Å²) in [6.45, 7) is 19.7. The number of benzene rings is 1. The SMILES string of the molecule is CC(C)(C)P(C(C)(C)C)[Si](C)(C)c1ccccc1. The maximum absolute atomic E-state index is 2.56. The fraction of sp³-hybridized carbons (Fsp3) is 0.625. The van der Waals surface area contributed by atoms with E-state index in [1.165, 1.54) is 0 Å². The van der Waals surface area contributed by atoms with E-state index in [0.29, 0.717) is 10.3 Å². The molecule has 0 aliphatic rings. The van der Waals surface area contributed by atoms with Crippen molar-refractivity contribution in [1.82, 2.24) is 0 Å². The Balaban J connectivity index is 3.30. The number of rotatable bonds is 2. The first-order chi connectivity index (χ1) is 7.97. The Bertz CT molecular complexity index is 368. The second-order valence-corrected chi connectivity index (χ2v) is 19.3. The highest BCUT2D eigenvalue weighted by atomic mass is 31.4. The molecular weight excluding hydrogens is 251 g/mol. The molecule has 18 heavy (non-hydrogen) atoms.